The molecule has 1 heterocycles. The van der Waals surface area contributed by atoms with E-state index in [9.17, 15) is 4.79 Å². The Balaban J connectivity index is 1.81. The molecule has 2 aromatic rings. The molecule has 1 aliphatic rings. The van der Waals surface area contributed by atoms with Crippen molar-refractivity contribution in [1.29, 1.82) is 0 Å². The molecule has 144 valence electrons. The minimum absolute atomic E-state index is 0.0905. The first kappa shape index (κ1) is 19.2. The van der Waals surface area contributed by atoms with Crippen LogP contribution in [0.4, 0.5) is 0 Å². The molecule has 1 saturated heterocycles. The Hall–Kier alpha value is -2.53. The Morgan fingerprint density at radius 1 is 0.963 bits per heavy atom. The number of amides is 1. The second kappa shape index (κ2) is 8.44. The molecule has 0 aliphatic carbocycles. The predicted octanol–water partition coefficient (Wildman–Crippen LogP) is 3.54. The molecule has 0 radical (unpaired) electrons. The third kappa shape index (κ3) is 4.25. The van der Waals surface area contributed by atoms with Crippen LogP contribution in [-0.4, -0.2) is 62.1 Å². The molecule has 1 aliphatic heterocycles. The molecule has 5 heteroatoms. The van der Waals surface area contributed by atoms with Crippen molar-refractivity contribution in [2.24, 2.45) is 0 Å². The maximum atomic E-state index is 13.0. The lowest BCUT2D eigenvalue weighted by Crippen LogP contribution is -2.50. The molecular weight excluding hydrogens is 340 g/mol. The van der Waals surface area contributed by atoms with E-state index in [0.29, 0.717) is 11.6 Å². The molecule has 1 amide bonds. The van der Waals surface area contributed by atoms with Crippen molar-refractivity contribution in [3.8, 4) is 22.6 Å². The molecule has 0 N–H and O–H groups in total. The van der Waals surface area contributed by atoms with Gasteiger partial charge in [0.15, 0.2) is 0 Å². The smallest absolute Gasteiger partial charge is 0.253 e. The molecular formula is C22H28N2O3. The number of carbonyl (C=O) groups is 1. The summed E-state index contributed by atoms with van der Waals surface area (Å²) in [6.07, 6.45) is 0. The van der Waals surface area contributed by atoms with Gasteiger partial charge in [-0.3, -0.25) is 9.69 Å². The van der Waals surface area contributed by atoms with E-state index in [2.05, 4.69) is 18.7 Å². The zero-order valence-electron chi connectivity index (χ0n) is 16.6. The minimum atomic E-state index is 0.0905. The van der Waals surface area contributed by atoms with E-state index in [1.54, 1.807) is 14.2 Å². The number of benzene rings is 2. The van der Waals surface area contributed by atoms with Crippen LogP contribution in [0.15, 0.2) is 42.5 Å². The lowest BCUT2D eigenvalue weighted by Gasteiger charge is -2.37. The lowest BCUT2D eigenvalue weighted by atomic mass is 10.0. The highest BCUT2D eigenvalue weighted by molar-refractivity contribution is 5.95. The van der Waals surface area contributed by atoms with E-state index in [-0.39, 0.29) is 5.91 Å². The first-order valence-corrected chi connectivity index (χ1v) is 9.39. The highest BCUT2D eigenvalue weighted by Gasteiger charge is 2.23. The van der Waals surface area contributed by atoms with Gasteiger partial charge in [0.1, 0.15) is 11.5 Å². The number of hydrogen-bond donors (Lipinski definition) is 0. The number of ether oxygens (including phenoxy) is 2. The average Bonchev–Trinajstić information content (AvgIpc) is 2.72. The normalized spacial score (nSPS) is 15.1. The van der Waals surface area contributed by atoms with Crippen LogP contribution >= 0.6 is 0 Å². The van der Waals surface area contributed by atoms with Crippen molar-refractivity contribution < 1.29 is 14.3 Å². The van der Waals surface area contributed by atoms with Gasteiger partial charge < -0.3 is 14.4 Å². The van der Waals surface area contributed by atoms with E-state index in [1.807, 2.05) is 47.4 Å². The maximum absolute atomic E-state index is 13.0. The van der Waals surface area contributed by atoms with Gasteiger partial charge in [-0.15, -0.1) is 0 Å². The van der Waals surface area contributed by atoms with Crippen molar-refractivity contribution in [2.75, 3.05) is 40.4 Å². The summed E-state index contributed by atoms with van der Waals surface area (Å²) in [6, 6.07) is 14.0. The number of carbonyl (C=O) groups excluding carboxylic acids is 1. The number of methoxy groups -OCH3 is 2. The molecule has 0 unspecified atom stereocenters. The fourth-order valence-corrected chi connectivity index (χ4v) is 3.48. The molecule has 27 heavy (non-hydrogen) atoms. The van der Waals surface area contributed by atoms with Crippen LogP contribution in [0.25, 0.3) is 11.1 Å². The van der Waals surface area contributed by atoms with Gasteiger partial charge in [0.25, 0.3) is 5.91 Å². The molecule has 5 nitrogen and oxygen atoms in total. The number of piperazine rings is 1. The SMILES string of the molecule is COc1ccc(-c2cccc(C(=O)N3CCN(C(C)C)CC3)c2)c(OC)c1. The first-order valence-electron chi connectivity index (χ1n) is 9.39. The topological polar surface area (TPSA) is 42.0 Å². The highest BCUT2D eigenvalue weighted by Crippen LogP contribution is 2.33. The van der Waals surface area contributed by atoms with Gasteiger partial charge in [0, 0.05) is 49.4 Å². The van der Waals surface area contributed by atoms with Crippen LogP contribution in [0.5, 0.6) is 11.5 Å². The molecule has 0 atom stereocenters. The van der Waals surface area contributed by atoms with Gasteiger partial charge in [0.05, 0.1) is 14.2 Å². The third-order valence-corrected chi connectivity index (χ3v) is 5.16. The van der Waals surface area contributed by atoms with Crippen molar-refractivity contribution >= 4 is 5.91 Å². The van der Waals surface area contributed by atoms with Gasteiger partial charge in [0.2, 0.25) is 0 Å². The zero-order valence-corrected chi connectivity index (χ0v) is 16.6. The highest BCUT2D eigenvalue weighted by atomic mass is 16.5. The van der Waals surface area contributed by atoms with Crippen LogP contribution in [0.3, 0.4) is 0 Å². The van der Waals surface area contributed by atoms with E-state index in [1.165, 1.54) is 0 Å². The Morgan fingerprint density at radius 3 is 2.33 bits per heavy atom. The standard InChI is InChI=1S/C22H28N2O3/c1-16(2)23-10-12-24(13-11-23)22(25)18-7-5-6-17(14-18)20-9-8-19(26-3)15-21(20)27-4/h5-9,14-16H,10-13H2,1-4H3. The fourth-order valence-electron chi connectivity index (χ4n) is 3.48. The Labute approximate surface area is 161 Å². The largest absolute Gasteiger partial charge is 0.497 e. The van der Waals surface area contributed by atoms with E-state index < -0.39 is 0 Å². The summed E-state index contributed by atoms with van der Waals surface area (Å²) in [7, 11) is 3.27. The Kier molecular flexibility index (Phi) is 6.01. The van der Waals surface area contributed by atoms with Crippen molar-refractivity contribution in [2.45, 2.75) is 19.9 Å². The molecule has 0 spiro atoms. The summed E-state index contributed by atoms with van der Waals surface area (Å²) < 4.78 is 10.8. The van der Waals surface area contributed by atoms with Crippen LogP contribution in [-0.2, 0) is 0 Å². The quantitative estimate of drug-likeness (QED) is 0.810. The lowest BCUT2D eigenvalue weighted by molar-refractivity contribution is 0.0595. The molecule has 1 fully saturated rings. The minimum Gasteiger partial charge on any atom is -0.497 e. The second-order valence-corrected chi connectivity index (χ2v) is 7.07. The molecule has 3 rings (SSSR count). The molecule has 2 aromatic carbocycles. The molecule has 0 saturated carbocycles. The van der Waals surface area contributed by atoms with Gasteiger partial charge >= 0.3 is 0 Å². The van der Waals surface area contributed by atoms with Crippen molar-refractivity contribution in [3.63, 3.8) is 0 Å². The van der Waals surface area contributed by atoms with Crippen molar-refractivity contribution in [1.82, 2.24) is 9.80 Å². The van der Waals surface area contributed by atoms with Crippen molar-refractivity contribution in [3.05, 3.63) is 48.0 Å². The summed E-state index contributed by atoms with van der Waals surface area (Å²) >= 11 is 0. The second-order valence-electron chi connectivity index (χ2n) is 7.07. The summed E-state index contributed by atoms with van der Waals surface area (Å²) in [5, 5.41) is 0. The summed E-state index contributed by atoms with van der Waals surface area (Å²) in [4.78, 5) is 17.3. The predicted molar refractivity (Wildman–Crippen MR) is 108 cm³/mol. The molecule has 0 aromatic heterocycles. The van der Waals surface area contributed by atoms with E-state index >= 15 is 0 Å². The maximum Gasteiger partial charge on any atom is 0.253 e. The number of rotatable bonds is 5. The van der Waals surface area contributed by atoms with Gasteiger partial charge in [-0.2, -0.15) is 0 Å². The number of hydrogen-bond acceptors (Lipinski definition) is 4. The summed E-state index contributed by atoms with van der Waals surface area (Å²) in [5.74, 6) is 1.56. The summed E-state index contributed by atoms with van der Waals surface area (Å²) in [5.41, 5.74) is 2.61. The van der Waals surface area contributed by atoms with Crippen LogP contribution in [0.1, 0.15) is 24.2 Å². The van der Waals surface area contributed by atoms with Crippen LogP contribution in [0.2, 0.25) is 0 Å². The first-order chi connectivity index (χ1) is 13.0. The summed E-state index contributed by atoms with van der Waals surface area (Å²) in [6.45, 7) is 7.79. The average molecular weight is 368 g/mol. The zero-order chi connectivity index (χ0) is 19.4. The van der Waals surface area contributed by atoms with E-state index in [4.69, 9.17) is 9.47 Å². The third-order valence-electron chi connectivity index (χ3n) is 5.16. The monoisotopic (exact) mass is 368 g/mol. The number of nitrogens with zero attached hydrogens (tertiary/aromatic N) is 2. The molecule has 0 bridgehead atoms. The Bertz CT molecular complexity index is 796. The van der Waals surface area contributed by atoms with Gasteiger partial charge in [-0.25, -0.2) is 0 Å². The Morgan fingerprint density at radius 2 is 1.70 bits per heavy atom. The van der Waals surface area contributed by atoms with E-state index in [0.717, 1.165) is 48.8 Å². The van der Waals surface area contributed by atoms with Gasteiger partial charge in [-0.1, -0.05) is 12.1 Å². The fraction of sp³-hybridized carbons (Fsp3) is 0.409. The van der Waals surface area contributed by atoms with Crippen LogP contribution in [0, 0.1) is 0 Å². The van der Waals surface area contributed by atoms with Gasteiger partial charge in [-0.05, 0) is 43.7 Å². The van der Waals surface area contributed by atoms with Crippen LogP contribution < -0.4 is 9.47 Å².